The molecule has 206 valence electrons. The number of benzene rings is 1. The van der Waals surface area contributed by atoms with Crippen molar-refractivity contribution < 1.29 is 24.0 Å². The summed E-state index contributed by atoms with van der Waals surface area (Å²) in [5.74, 6) is -2.93. The quantitative estimate of drug-likeness (QED) is 0.428. The van der Waals surface area contributed by atoms with E-state index in [1.807, 2.05) is 24.3 Å². The van der Waals surface area contributed by atoms with Gasteiger partial charge >= 0.3 is 0 Å². The second-order valence-electron chi connectivity index (χ2n) is 11.6. The maximum Gasteiger partial charge on any atom is 0.289 e. The van der Waals surface area contributed by atoms with Gasteiger partial charge in [-0.25, -0.2) is 0 Å². The monoisotopic (exact) mass is 534 g/mol. The van der Waals surface area contributed by atoms with Crippen LogP contribution in [0.3, 0.4) is 0 Å². The molecular weight excluding hydrogens is 500 g/mol. The number of nitrogens with zero attached hydrogens (tertiary/aromatic N) is 3. The Hall–Kier alpha value is -3.76. The van der Waals surface area contributed by atoms with Crippen molar-refractivity contribution in [3.05, 3.63) is 30.0 Å². The van der Waals surface area contributed by atoms with Gasteiger partial charge in [0, 0.05) is 37.5 Å². The Kier molecular flexibility index (Phi) is 6.39. The molecule has 2 aliphatic heterocycles. The van der Waals surface area contributed by atoms with Gasteiger partial charge < -0.3 is 20.9 Å². The van der Waals surface area contributed by atoms with Gasteiger partial charge in [0.05, 0.1) is 11.6 Å². The van der Waals surface area contributed by atoms with Crippen LogP contribution >= 0.6 is 0 Å². The number of rotatable bonds is 8. The fraction of sp³-hybridized carbons (Fsp3) is 0.571. The minimum atomic E-state index is -1.14. The average molecular weight is 535 g/mol. The van der Waals surface area contributed by atoms with Crippen LogP contribution in [-0.4, -0.2) is 75.3 Å². The highest BCUT2D eigenvalue weighted by Gasteiger charge is 2.52. The van der Waals surface area contributed by atoms with E-state index in [0.29, 0.717) is 31.3 Å². The molecule has 0 radical (unpaired) electrons. The Labute approximate surface area is 226 Å². The molecule has 3 atom stereocenters. The van der Waals surface area contributed by atoms with E-state index in [-0.39, 0.29) is 35.4 Å². The van der Waals surface area contributed by atoms with Crippen LogP contribution in [0.4, 0.5) is 0 Å². The Bertz CT molecular complexity index is 1360. The van der Waals surface area contributed by atoms with Crippen molar-refractivity contribution in [1.29, 1.82) is 0 Å². The Balaban J connectivity index is 1.25. The number of hydrogen-bond acceptors (Lipinski definition) is 6. The molecule has 11 heteroatoms. The molecule has 39 heavy (non-hydrogen) atoms. The molecule has 2 saturated heterocycles. The van der Waals surface area contributed by atoms with Crippen LogP contribution in [0.15, 0.2) is 24.3 Å². The fourth-order valence-corrected chi connectivity index (χ4v) is 6.05. The van der Waals surface area contributed by atoms with Crippen molar-refractivity contribution in [2.45, 2.75) is 69.5 Å². The van der Waals surface area contributed by atoms with Gasteiger partial charge in [0.15, 0.2) is 5.69 Å². The van der Waals surface area contributed by atoms with E-state index in [0.717, 1.165) is 37.6 Å². The van der Waals surface area contributed by atoms with Crippen LogP contribution in [0.2, 0.25) is 0 Å². The predicted molar refractivity (Wildman–Crippen MR) is 140 cm³/mol. The van der Waals surface area contributed by atoms with Crippen molar-refractivity contribution in [2.24, 2.45) is 18.4 Å². The number of fused-ring (bicyclic) bond motifs is 1. The molecule has 2 aromatic rings. The zero-order valence-corrected chi connectivity index (χ0v) is 22.1. The lowest BCUT2D eigenvalue weighted by Crippen LogP contribution is -2.58. The van der Waals surface area contributed by atoms with E-state index >= 15 is 0 Å². The normalized spacial score (nSPS) is 24.3. The summed E-state index contributed by atoms with van der Waals surface area (Å²) in [6.45, 7) is 0.908. The van der Waals surface area contributed by atoms with Crippen LogP contribution in [0.1, 0.15) is 61.9 Å². The van der Waals surface area contributed by atoms with Crippen molar-refractivity contribution in [1.82, 2.24) is 30.6 Å². The van der Waals surface area contributed by atoms with Crippen LogP contribution in [0, 0.1) is 11.3 Å². The molecular formula is C28H34N6O5. The lowest BCUT2D eigenvalue weighted by atomic mass is 9.86. The number of hydrogen-bond donors (Lipinski definition) is 3. The van der Waals surface area contributed by atoms with Gasteiger partial charge in [-0.3, -0.25) is 28.7 Å². The lowest BCUT2D eigenvalue weighted by molar-refractivity contribution is -0.141. The maximum atomic E-state index is 13.8. The molecule has 3 N–H and O–H groups in total. The third kappa shape index (κ3) is 5.02. The molecule has 4 amide bonds. The van der Waals surface area contributed by atoms with Gasteiger partial charge in [0.2, 0.25) is 17.6 Å². The molecule has 2 saturated carbocycles. The second kappa shape index (κ2) is 9.77. The number of carbonyl (C=O) groups is 5. The second-order valence-corrected chi connectivity index (χ2v) is 11.6. The van der Waals surface area contributed by atoms with Gasteiger partial charge in [-0.05, 0) is 62.8 Å². The number of amides is 4. The number of nitrogens with one attached hydrogen (secondary N) is 3. The van der Waals surface area contributed by atoms with E-state index in [1.165, 1.54) is 0 Å². The molecule has 4 fully saturated rings. The predicted octanol–water partition coefficient (Wildman–Crippen LogP) is 0.817. The van der Waals surface area contributed by atoms with E-state index < -0.39 is 35.6 Å². The van der Waals surface area contributed by atoms with Gasteiger partial charge in [-0.15, -0.1) is 0 Å². The van der Waals surface area contributed by atoms with Crippen LogP contribution in [0.5, 0.6) is 0 Å². The van der Waals surface area contributed by atoms with Crippen LogP contribution in [0.25, 0.3) is 10.9 Å². The SMILES string of the molecule is Cn1nc(C(=O)N2CCC3(CC3)C[C@H]2C(=O)N[C@@H](C[C@@H]2CCNC2=O)C(=O)C(=O)NC2CC2)c2ccccc21. The molecule has 1 spiro atoms. The molecule has 1 aromatic carbocycles. The summed E-state index contributed by atoms with van der Waals surface area (Å²) >= 11 is 0. The first-order valence-electron chi connectivity index (χ1n) is 13.9. The fourth-order valence-electron chi connectivity index (χ4n) is 6.05. The van der Waals surface area contributed by atoms with Gasteiger partial charge in [0.1, 0.15) is 6.04 Å². The molecule has 11 nitrogen and oxygen atoms in total. The summed E-state index contributed by atoms with van der Waals surface area (Å²) in [5, 5.41) is 13.4. The Morgan fingerprint density at radius 3 is 2.59 bits per heavy atom. The highest BCUT2D eigenvalue weighted by Crippen LogP contribution is 2.55. The summed E-state index contributed by atoms with van der Waals surface area (Å²) in [6.07, 6.45) is 5.53. The number of ketones is 1. The molecule has 1 aromatic heterocycles. The van der Waals surface area contributed by atoms with Crippen LogP contribution in [-0.2, 0) is 26.2 Å². The molecule has 2 aliphatic carbocycles. The largest absolute Gasteiger partial charge is 0.356 e. The topological polar surface area (TPSA) is 142 Å². The zero-order valence-electron chi connectivity index (χ0n) is 22.1. The Morgan fingerprint density at radius 2 is 1.90 bits per heavy atom. The smallest absolute Gasteiger partial charge is 0.289 e. The third-order valence-electron chi connectivity index (χ3n) is 8.82. The van der Waals surface area contributed by atoms with Gasteiger partial charge in [-0.2, -0.15) is 5.10 Å². The van der Waals surface area contributed by atoms with Gasteiger partial charge in [-0.1, -0.05) is 18.2 Å². The van der Waals surface area contributed by atoms with Crippen molar-refractivity contribution >= 4 is 40.3 Å². The molecule has 0 bridgehead atoms. The number of likely N-dealkylation sites (tertiary alicyclic amines) is 1. The highest BCUT2D eigenvalue weighted by molar-refractivity contribution is 6.38. The standard InChI is InChI=1S/C28H34N6O5/c1-33-20-5-3-2-4-18(20)22(32-33)27(39)34-13-11-28(9-10-28)15-21(34)25(37)31-19(14-16-8-12-29-24(16)36)23(35)26(38)30-17-6-7-17/h2-5,16-17,19,21H,6-15H2,1H3,(H,29,36)(H,30,38)(H,31,37)/t16-,19-,21-/m0/s1. The zero-order chi connectivity index (χ0) is 27.3. The summed E-state index contributed by atoms with van der Waals surface area (Å²) in [5.41, 5.74) is 1.13. The molecule has 4 aliphatic rings. The first-order valence-corrected chi connectivity index (χ1v) is 13.9. The minimum Gasteiger partial charge on any atom is -0.356 e. The summed E-state index contributed by atoms with van der Waals surface area (Å²) in [7, 11) is 1.78. The lowest BCUT2D eigenvalue weighted by Gasteiger charge is -2.39. The van der Waals surface area contributed by atoms with E-state index in [4.69, 9.17) is 0 Å². The number of carbonyl (C=O) groups excluding carboxylic acids is 5. The molecule has 0 unspecified atom stereocenters. The average Bonchev–Trinajstić information content (AvgIpc) is 3.84. The summed E-state index contributed by atoms with van der Waals surface area (Å²) < 4.78 is 1.66. The van der Waals surface area contributed by atoms with Crippen molar-refractivity contribution in [3.63, 3.8) is 0 Å². The third-order valence-corrected chi connectivity index (χ3v) is 8.82. The minimum absolute atomic E-state index is 0.0121. The number of aromatic nitrogens is 2. The molecule has 3 heterocycles. The summed E-state index contributed by atoms with van der Waals surface area (Å²) in [6, 6.07) is 5.51. The van der Waals surface area contributed by atoms with E-state index in [9.17, 15) is 24.0 Å². The van der Waals surface area contributed by atoms with Gasteiger partial charge in [0.25, 0.3) is 11.8 Å². The van der Waals surface area contributed by atoms with Crippen molar-refractivity contribution in [2.75, 3.05) is 13.1 Å². The van der Waals surface area contributed by atoms with Crippen molar-refractivity contribution in [3.8, 4) is 0 Å². The summed E-state index contributed by atoms with van der Waals surface area (Å²) in [4.78, 5) is 67.4. The first kappa shape index (κ1) is 25.5. The van der Waals surface area contributed by atoms with E-state index in [2.05, 4.69) is 21.0 Å². The Morgan fingerprint density at radius 1 is 1.13 bits per heavy atom. The maximum absolute atomic E-state index is 13.8. The number of Topliss-reactive ketones (excluding diaryl/α,β-unsaturated/α-hetero) is 1. The van der Waals surface area contributed by atoms with Crippen LogP contribution < -0.4 is 16.0 Å². The number of para-hydroxylation sites is 1. The first-order chi connectivity index (χ1) is 18.7. The van der Waals surface area contributed by atoms with E-state index in [1.54, 1.807) is 16.6 Å². The number of piperidine rings is 1. The number of aryl methyl sites for hydroxylation is 1. The molecule has 6 rings (SSSR count). The highest BCUT2D eigenvalue weighted by atomic mass is 16.2.